The van der Waals surface area contributed by atoms with Crippen LogP contribution in [-0.2, 0) is 20.0 Å². The summed E-state index contributed by atoms with van der Waals surface area (Å²) in [6, 6.07) is 5.88. The van der Waals surface area contributed by atoms with Gasteiger partial charge in [-0.2, -0.15) is 0 Å². The number of hydrogen-bond acceptors (Lipinski definition) is 5. The number of ether oxygens (including phenoxy) is 1. The van der Waals surface area contributed by atoms with Crippen LogP contribution < -0.4 is 10.1 Å². The lowest BCUT2D eigenvalue weighted by Gasteiger charge is -2.35. The molecule has 0 unspecified atom stereocenters. The number of nitrogens with zero attached hydrogens (tertiary/aromatic N) is 4. The van der Waals surface area contributed by atoms with Gasteiger partial charge in [0, 0.05) is 31.0 Å². The van der Waals surface area contributed by atoms with E-state index in [1.807, 2.05) is 39.3 Å². The van der Waals surface area contributed by atoms with Crippen molar-refractivity contribution in [3.8, 4) is 5.75 Å². The summed E-state index contributed by atoms with van der Waals surface area (Å²) in [5.41, 5.74) is 1.83. The van der Waals surface area contributed by atoms with E-state index in [0.717, 1.165) is 48.8 Å². The highest BCUT2D eigenvalue weighted by molar-refractivity contribution is 5.94. The second-order valence-corrected chi connectivity index (χ2v) is 7.53. The number of carbonyl (C=O) groups excluding carboxylic acids is 1. The van der Waals surface area contributed by atoms with Crippen LogP contribution in [0.3, 0.4) is 0 Å². The van der Waals surface area contributed by atoms with Crippen molar-refractivity contribution in [1.29, 1.82) is 0 Å². The molecule has 1 N–H and O–H groups in total. The van der Waals surface area contributed by atoms with E-state index in [1.165, 1.54) is 0 Å². The van der Waals surface area contributed by atoms with E-state index in [1.54, 1.807) is 0 Å². The molecule has 0 atom stereocenters. The Balaban J connectivity index is 1.34. The van der Waals surface area contributed by atoms with Gasteiger partial charge in [-0.25, -0.2) is 0 Å². The molecule has 1 fully saturated rings. The molecule has 1 aliphatic heterocycles. The third-order valence-corrected chi connectivity index (χ3v) is 5.25. The van der Waals surface area contributed by atoms with Gasteiger partial charge < -0.3 is 19.5 Å². The number of benzene rings is 1. The van der Waals surface area contributed by atoms with E-state index in [0.29, 0.717) is 18.1 Å². The highest BCUT2D eigenvalue weighted by Crippen LogP contribution is 2.36. The average molecular weight is 355 g/mol. The molecule has 26 heavy (non-hydrogen) atoms. The van der Waals surface area contributed by atoms with Crippen molar-refractivity contribution in [2.24, 2.45) is 7.05 Å². The molecule has 1 saturated carbocycles. The minimum atomic E-state index is -0.00517. The molecule has 1 amide bonds. The lowest BCUT2D eigenvalue weighted by molar-refractivity contribution is 0.0907. The molecule has 1 aliphatic carbocycles. The molecule has 2 aliphatic rings. The molecule has 0 bridgehead atoms. The summed E-state index contributed by atoms with van der Waals surface area (Å²) >= 11 is 0. The third-order valence-electron chi connectivity index (χ3n) is 5.25. The molecule has 0 radical (unpaired) electrons. The second kappa shape index (κ2) is 6.72. The van der Waals surface area contributed by atoms with Gasteiger partial charge in [-0.15, -0.1) is 10.2 Å². The topological polar surface area (TPSA) is 72.3 Å². The van der Waals surface area contributed by atoms with Crippen molar-refractivity contribution in [3.63, 3.8) is 0 Å². The van der Waals surface area contributed by atoms with Gasteiger partial charge in [0.2, 0.25) is 0 Å². The van der Waals surface area contributed by atoms with Gasteiger partial charge in [0.25, 0.3) is 5.91 Å². The van der Waals surface area contributed by atoms with Crippen LogP contribution in [0.2, 0.25) is 0 Å². The van der Waals surface area contributed by atoms with Crippen molar-refractivity contribution < 1.29 is 9.53 Å². The maximum absolute atomic E-state index is 12.5. The van der Waals surface area contributed by atoms with Gasteiger partial charge in [-0.3, -0.25) is 4.79 Å². The van der Waals surface area contributed by atoms with Crippen molar-refractivity contribution in [3.05, 3.63) is 41.0 Å². The number of rotatable bonds is 5. The number of carbonyl (C=O) groups is 1. The number of hydrogen-bond donors (Lipinski definition) is 1. The zero-order valence-electron chi connectivity index (χ0n) is 15.5. The van der Waals surface area contributed by atoms with E-state index in [4.69, 9.17) is 4.74 Å². The van der Waals surface area contributed by atoms with Gasteiger partial charge in [0.05, 0.1) is 13.2 Å². The quantitative estimate of drug-likeness (QED) is 0.880. The largest absolute Gasteiger partial charge is 0.493 e. The van der Waals surface area contributed by atoms with Crippen LogP contribution in [0.4, 0.5) is 0 Å². The number of amides is 1. The summed E-state index contributed by atoms with van der Waals surface area (Å²) in [6.45, 7) is 1.48. The van der Waals surface area contributed by atoms with Crippen molar-refractivity contribution in [1.82, 2.24) is 25.0 Å². The normalized spacial score (nSPS) is 21.2. The summed E-state index contributed by atoms with van der Waals surface area (Å²) in [4.78, 5) is 14.6. The summed E-state index contributed by atoms with van der Waals surface area (Å²) in [6.07, 6.45) is 2.70. The van der Waals surface area contributed by atoms with Crippen LogP contribution in [0, 0.1) is 0 Å². The molecule has 4 rings (SSSR count). The Hall–Kier alpha value is -2.41. The monoisotopic (exact) mass is 355 g/mol. The SMILES string of the molecule is CN(C)Cc1nnc(C2CC(NC(=O)c3ccc4c(c3)CCO4)C2)n1C. The fraction of sp³-hybridized carbons (Fsp3) is 0.526. The molecule has 1 aromatic heterocycles. The summed E-state index contributed by atoms with van der Waals surface area (Å²) < 4.78 is 7.58. The van der Waals surface area contributed by atoms with Crippen LogP contribution in [0.5, 0.6) is 5.75 Å². The lowest BCUT2D eigenvalue weighted by atomic mass is 9.79. The van der Waals surface area contributed by atoms with Crippen LogP contribution in [-0.4, -0.2) is 52.3 Å². The number of aromatic nitrogens is 3. The molecular weight excluding hydrogens is 330 g/mol. The third kappa shape index (κ3) is 3.19. The molecule has 2 heterocycles. The minimum absolute atomic E-state index is 0.00517. The molecular formula is C19H25N5O2. The van der Waals surface area contributed by atoms with Crippen molar-refractivity contribution in [2.45, 2.75) is 37.8 Å². The second-order valence-electron chi connectivity index (χ2n) is 7.53. The highest BCUT2D eigenvalue weighted by atomic mass is 16.5. The lowest BCUT2D eigenvalue weighted by Crippen LogP contribution is -2.44. The first-order valence-corrected chi connectivity index (χ1v) is 9.10. The molecule has 0 saturated heterocycles. The zero-order valence-corrected chi connectivity index (χ0v) is 15.5. The Labute approximate surface area is 153 Å². The Kier molecular flexibility index (Phi) is 4.40. The smallest absolute Gasteiger partial charge is 0.251 e. The average Bonchev–Trinajstić information content (AvgIpc) is 3.17. The number of fused-ring (bicyclic) bond motifs is 1. The van der Waals surface area contributed by atoms with E-state index in [-0.39, 0.29) is 11.9 Å². The minimum Gasteiger partial charge on any atom is -0.493 e. The van der Waals surface area contributed by atoms with Crippen LogP contribution >= 0.6 is 0 Å². The predicted octanol–water partition coefficient (Wildman–Crippen LogP) is 1.49. The Bertz CT molecular complexity index is 823. The first-order chi connectivity index (χ1) is 12.5. The van der Waals surface area contributed by atoms with E-state index >= 15 is 0 Å². The molecule has 138 valence electrons. The molecule has 1 aromatic carbocycles. The van der Waals surface area contributed by atoms with E-state index in [9.17, 15) is 4.79 Å². The molecule has 0 spiro atoms. The first-order valence-electron chi connectivity index (χ1n) is 9.10. The van der Waals surface area contributed by atoms with Gasteiger partial charge in [0.1, 0.15) is 17.4 Å². The van der Waals surface area contributed by atoms with E-state index in [2.05, 4.69) is 25.0 Å². The maximum Gasteiger partial charge on any atom is 0.251 e. The summed E-state index contributed by atoms with van der Waals surface area (Å²) in [5, 5.41) is 11.8. The zero-order chi connectivity index (χ0) is 18.3. The predicted molar refractivity (Wildman–Crippen MR) is 97.3 cm³/mol. The highest BCUT2D eigenvalue weighted by Gasteiger charge is 2.35. The van der Waals surface area contributed by atoms with Crippen molar-refractivity contribution >= 4 is 5.91 Å². The first kappa shape index (κ1) is 17.0. The Morgan fingerprint density at radius 2 is 2.15 bits per heavy atom. The standard InChI is InChI=1S/C19H25N5O2/c1-23(2)11-17-21-22-18(24(17)3)14-9-15(10-14)20-19(25)13-4-5-16-12(8-13)6-7-26-16/h4-5,8,14-15H,6-7,9-11H2,1-3H3,(H,20,25). The Morgan fingerprint density at radius 1 is 1.35 bits per heavy atom. The van der Waals surface area contributed by atoms with E-state index < -0.39 is 0 Å². The van der Waals surface area contributed by atoms with Gasteiger partial charge >= 0.3 is 0 Å². The van der Waals surface area contributed by atoms with Crippen LogP contribution in [0.1, 0.15) is 46.3 Å². The summed E-state index contributed by atoms with van der Waals surface area (Å²) in [5.74, 6) is 3.25. The Morgan fingerprint density at radius 3 is 2.92 bits per heavy atom. The van der Waals surface area contributed by atoms with Crippen molar-refractivity contribution in [2.75, 3.05) is 20.7 Å². The molecule has 2 aromatic rings. The van der Waals surface area contributed by atoms with Gasteiger partial charge in [0.15, 0.2) is 0 Å². The van der Waals surface area contributed by atoms with Crippen LogP contribution in [0.15, 0.2) is 18.2 Å². The number of nitrogens with one attached hydrogen (secondary N) is 1. The maximum atomic E-state index is 12.5. The van der Waals surface area contributed by atoms with Crippen LogP contribution in [0.25, 0.3) is 0 Å². The van der Waals surface area contributed by atoms with Gasteiger partial charge in [-0.05, 0) is 50.7 Å². The molecule has 7 nitrogen and oxygen atoms in total. The van der Waals surface area contributed by atoms with Gasteiger partial charge in [-0.1, -0.05) is 0 Å². The fourth-order valence-electron chi connectivity index (χ4n) is 3.69. The molecule has 7 heteroatoms. The fourth-order valence-corrected chi connectivity index (χ4v) is 3.69. The summed E-state index contributed by atoms with van der Waals surface area (Å²) in [7, 11) is 6.06.